The van der Waals surface area contributed by atoms with Crippen LogP contribution in [0.3, 0.4) is 0 Å². The normalized spacial score (nSPS) is 13.8. The average molecular weight is 599 g/mol. The van der Waals surface area contributed by atoms with Gasteiger partial charge in [-0.3, -0.25) is 14.6 Å². The molecule has 9 nitrogen and oxygen atoms in total. The lowest BCUT2D eigenvalue weighted by Gasteiger charge is -2.27. The van der Waals surface area contributed by atoms with Crippen molar-refractivity contribution in [3.8, 4) is 23.0 Å². The molecule has 0 N–H and O–H groups in total. The number of fused-ring (bicyclic) bond motifs is 1. The van der Waals surface area contributed by atoms with E-state index in [1.54, 1.807) is 63.7 Å². The number of carbonyl (C=O) groups excluding carboxylic acids is 1. The van der Waals surface area contributed by atoms with E-state index in [4.69, 9.17) is 40.3 Å². The van der Waals surface area contributed by atoms with Gasteiger partial charge >= 0.3 is 0 Å². The Morgan fingerprint density at radius 1 is 1.08 bits per heavy atom. The zero-order valence-corrected chi connectivity index (χ0v) is 24.8. The van der Waals surface area contributed by atoms with Gasteiger partial charge in [-0.1, -0.05) is 22.9 Å². The SMILES string of the molecule is COc1cc(/C=C/C(=O)N(CCCN2CCOCC2)c2nc3c(OC)ccc(Cl)c3s2)cc(OC)c1OC.Cl. The Balaban J connectivity index is 0.00000420. The van der Waals surface area contributed by atoms with Crippen molar-refractivity contribution in [3.05, 3.63) is 40.9 Å². The molecule has 1 aromatic heterocycles. The summed E-state index contributed by atoms with van der Waals surface area (Å²) in [7, 11) is 6.25. The molecule has 1 amide bonds. The summed E-state index contributed by atoms with van der Waals surface area (Å²) >= 11 is 7.83. The van der Waals surface area contributed by atoms with E-state index in [-0.39, 0.29) is 18.3 Å². The minimum Gasteiger partial charge on any atom is -0.494 e. The van der Waals surface area contributed by atoms with Crippen molar-refractivity contribution in [2.45, 2.75) is 6.42 Å². The first kappa shape index (κ1) is 30.8. The number of halogens is 2. The Morgan fingerprint density at radius 2 is 1.74 bits per heavy atom. The Bertz CT molecular complexity index is 1270. The van der Waals surface area contributed by atoms with Gasteiger partial charge in [-0.15, -0.1) is 12.4 Å². The molecule has 3 aromatic rings. The highest BCUT2D eigenvalue weighted by molar-refractivity contribution is 7.23. The summed E-state index contributed by atoms with van der Waals surface area (Å²) in [6.07, 6.45) is 4.04. The van der Waals surface area contributed by atoms with Crippen LogP contribution in [0.1, 0.15) is 12.0 Å². The molecule has 0 atom stereocenters. The molecule has 2 heterocycles. The third-order valence-corrected chi connectivity index (χ3v) is 7.77. The maximum Gasteiger partial charge on any atom is 0.252 e. The van der Waals surface area contributed by atoms with Crippen LogP contribution in [0.25, 0.3) is 16.3 Å². The minimum absolute atomic E-state index is 0. The molecule has 0 unspecified atom stereocenters. The van der Waals surface area contributed by atoms with Crippen LogP contribution >= 0.6 is 35.3 Å². The molecule has 0 aliphatic carbocycles. The molecular weight excluding hydrogens is 565 g/mol. The molecule has 212 valence electrons. The van der Waals surface area contributed by atoms with E-state index in [0.717, 1.165) is 49.5 Å². The molecule has 0 radical (unpaired) electrons. The Hall–Kier alpha value is -2.76. The minimum atomic E-state index is -0.199. The predicted molar refractivity (Wildman–Crippen MR) is 158 cm³/mol. The fourth-order valence-corrected chi connectivity index (χ4v) is 5.54. The smallest absolute Gasteiger partial charge is 0.252 e. The van der Waals surface area contributed by atoms with Crippen LogP contribution in [-0.4, -0.2) is 83.6 Å². The van der Waals surface area contributed by atoms with E-state index < -0.39 is 0 Å². The number of ether oxygens (including phenoxy) is 5. The van der Waals surface area contributed by atoms with Gasteiger partial charge in [0, 0.05) is 32.3 Å². The second-order valence-corrected chi connectivity index (χ2v) is 9.90. The molecule has 1 fully saturated rings. The number of amides is 1. The lowest BCUT2D eigenvalue weighted by Crippen LogP contribution is -2.39. The average Bonchev–Trinajstić information content (AvgIpc) is 3.40. The maximum atomic E-state index is 13.6. The molecule has 0 saturated carbocycles. The number of hydrogen-bond acceptors (Lipinski definition) is 9. The zero-order valence-electron chi connectivity index (χ0n) is 22.4. The molecule has 2 aromatic carbocycles. The molecule has 4 rings (SSSR count). The maximum absolute atomic E-state index is 13.6. The van der Waals surface area contributed by atoms with Gasteiger partial charge in [-0.2, -0.15) is 0 Å². The van der Waals surface area contributed by atoms with E-state index in [9.17, 15) is 4.79 Å². The van der Waals surface area contributed by atoms with Crippen molar-refractivity contribution in [3.63, 3.8) is 0 Å². The van der Waals surface area contributed by atoms with Gasteiger partial charge in [0.15, 0.2) is 16.6 Å². The molecule has 39 heavy (non-hydrogen) atoms. The zero-order chi connectivity index (χ0) is 27.1. The van der Waals surface area contributed by atoms with E-state index in [0.29, 0.717) is 45.2 Å². The second kappa shape index (κ2) is 14.6. The van der Waals surface area contributed by atoms with E-state index in [1.807, 2.05) is 0 Å². The molecule has 12 heteroatoms. The van der Waals surface area contributed by atoms with Gasteiger partial charge in [0.25, 0.3) is 5.91 Å². The molecule has 0 spiro atoms. The van der Waals surface area contributed by atoms with Gasteiger partial charge < -0.3 is 23.7 Å². The molecule has 1 saturated heterocycles. The first-order valence-corrected chi connectivity index (χ1v) is 13.4. The number of rotatable bonds is 11. The number of carbonyl (C=O) groups is 1. The number of aromatic nitrogens is 1. The van der Waals surface area contributed by atoms with Crippen molar-refractivity contribution < 1.29 is 28.5 Å². The van der Waals surface area contributed by atoms with Crippen LogP contribution in [0.5, 0.6) is 23.0 Å². The van der Waals surface area contributed by atoms with Crippen LogP contribution in [-0.2, 0) is 9.53 Å². The summed E-state index contributed by atoms with van der Waals surface area (Å²) in [5.74, 6) is 1.92. The summed E-state index contributed by atoms with van der Waals surface area (Å²) < 4.78 is 28.0. The van der Waals surface area contributed by atoms with Gasteiger partial charge in [-0.05, 0) is 42.3 Å². The first-order valence-electron chi connectivity index (χ1n) is 12.2. The largest absolute Gasteiger partial charge is 0.494 e. The summed E-state index contributed by atoms with van der Waals surface area (Å²) in [4.78, 5) is 22.4. The van der Waals surface area contributed by atoms with Crippen molar-refractivity contribution in [1.82, 2.24) is 9.88 Å². The van der Waals surface area contributed by atoms with Crippen LogP contribution in [0.4, 0.5) is 5.13 Å². The number of benzene rings is 2. The molecule has 1 aliphatic heterocycles. The monoisotopic (exact) mass is 597 g/mol. The van der Waals surface area contributed by atoms with Gasteiger partial charge in [0.05, 0.1) is 51.4 Å². The van der Waals surface area contributed by atoms with E-state index in [2.05, 4.69) is 4.90 Å². The van der Waals surface area contributed by atoms with Gasteiger partial charge in [0.2, 0.25) is 5.75 Å². The fourth-order valence-electron chi connectivity index (χ4n) is 4.25. The van der Waals surface area contributed by atoms with Crippen molar-refractivity contribution in [2.75, 3.05) is 72.7 Å². The Labute approximate surface area is 243 Å². The van der Waals surface area contributed by atoms with Gasteiger partial charge in [-0.25, -0.2) is 4.98 Å². The molecular formula is C27H33Cl2N3O6S. The molecule has 0 bridgehead atoms. The highest BCUT2D eigenvalue weighted by Crippen LogP contribution is 2.40. The van der Waals surface area contributed by atoms with Crippen molar-refractivity contribution >= 4 is 62.7 Å². The van der Waals surface area contributed by atoms with E-state index in [1.165, 1.54) is 17.4 Å². The fraction of sp³-hybridized carbons (Fsp3) is 0.407. The lowest BCUT2D eigenvalue weighted by molar-refractivity contribution is -0.114. The van der Waals surface area contributed by atoms with Crippen LogP contribution < -0.4 is 23.8 Å². The standard InChI is InChI=1S/C27H32ClN3O6S.ClH/c1-33-20-8-7-19(28)26-24(20)29-27(38-26)31(11-5-10-30-12-14-37-15-13-30)23(32)9-6-18-16-21(34-2)25(36-4)22(17-18)35-3;/h6-9,16-17H,5,10-15H2,1-4H3;1H/b9-6+;. The summed E-state index contributed by atoms with van der Waals surface area (Å²) in [6, 6.07) is 7.13. The van der Waals surface area contributed by atoms with Crippen LogP contribution in [0.2, 0.25) is 5.02 Å². The predicted octanol–water partition coefficient (Wildman–Crippen LogP) is 5.17. The number of anilines is 1. The topological polar surface area (TPSA) is 82.6 Å². The van der Waals surface area contributed by atoms with E-state index >= 15 is 0 Å². The third kappa shape index (κ3) is 7.26. The third-order valence-electron chi connectivity index (χ3n) is 6.23. The number of hydrogen-bond donors (Lipinski definition) is 0. The highest BCUT2D eigenvalue weighted by atomic mass is 35.5. The number of methoxy groups -OCH3 is 4. The number of thiazole rings is 1. The van der Waals surface area contributed by atoms with Crippen molar-refractivity contribution in [2.24, 2.45) is 0 Å². The Morgan fingerprint density at radius 3 is 2.36 bits per heavy atom. The quantitative estimate of drug-likeness (QED) is 0.280. The highest BCUT2D eigenvalue weighted by Gasteiger charge is 2.21. The van der Waals surface area contributed by atoms with Gasteiger partial charge in [0.1, 0.15) is 11.3 Å². The summed E-state index contributed by atoms with van der Waals surface area (Å²) in [5, 5.41) is 1.13. The van der Waals surface area contributed by atoms with Crippen LogP contribution in [0, 0.1) is 0 Å². The number of nitrogens with zero attached hydrogens (tertiary/aromatic N) is 3. The van der Waals surface area contributed by atoms with Crippen LogP contribution in [0.15, 0.2) is 30.3 Å². The first-order chi connectivity index (χ1) is 18.5. The second-order valence-electron chi connectivity index (χ2n) is 8.51. The Kier molecular flexibility index (Phi) is 11.5. The lowest BCUT2D eigenvalue weighted by atomic mass is 10.1. The summed E-state index contributed by atoms with van der Waals surface area (Å²) in [5.41, 5.74) is 1.37. The molecule has 1 aliphatic rings. The summed E-state index contributed by atoms with van der Waals surface area (Å²) in [6.45, 7) is 4.60. The number of morpholine rings is 1. The van der Waals surface area contributed by atoms with Crippen molar-refractivity contribution in [1.29, 1.82) is 0 Å².